The molecule has 0 saturated heterocycles. The lowest BCUT2D eigenvalue weighted by Gasteiger charge is -2.11. The Morgan fingerprint density at radius 3 is 2.03 bits per heavy atom. The first-order valence-corrected chi connectivity index (χ1v) is 9.73. The molecule has 0 aromatic carbocycles. The lowest BCUT2D eigenvalue weighted by molar-refractivity contribution is 0.233. The van der Waals surface area contributed by atoms with Gasteiger partial charge in [-0.1, -0.05) is 0 Å². The van der Waals surface area contributed by atoms with Crippen molar-refractivity contribution in [1.29, 1.82) is 0 Å². The van der Waals surface area contributed by atoms with Crippen LogP contribution in [0.4, 0.5) is 0 Å². The van der Waals surface area contributed by atoms with E-state index in [0.29, 0.717) is 22.6 Å². The number of hydrogen-bond acceptors (Lipinski definition) is 5. The fraction of sp³-hybridized carbons (Fsp3) is 0.125. The van der Waals surface area contributed by atoms with Gasteiger partial charge < -0.3 is 15.2 Å². The van der Waals surface area contributed by atoms with E-state index in [9.17, 15) is 10.2 Å². The third-order valence-corrected chi connectivity index (χ3v) is 5.10. The smallest absolute Gasteiger partial charge is 0.0990 e. The van der Waals surface area contributed by atoms with Crippen LogP contribution in [-0.2, 0) is 0 Å². The van der Waals surface area contributed by atoms with Crippen LogP contribution in [0.25, 0.3) is 12.2 Å². The van der Waals surface area contributed by atoms with Gasteiger partial charge in [0.05, 0.1) is 46.1 Å². The summed E-state index contributed by atoms with van der Waals surface area (Å²) in [6.07, 6.45) is 14.4. The van der Waals surface area contributed by atoms with Gasteiger partial charge in [-0.15, -0.1) is 0 Å². The molecule has 5 rings (SSSR count). The van der Waals surface area contributed by atoms with Gasteiger partial charge in [-0.3, -0.25) is 0 Å². The normalized spacial score (nSPS) is 22.0. The number of aliphatic hydroxyl groups is 2. The second-order valence-corrected chi connectivity index (χ2v) is 7.47. The average molecular weight is 396 g/mol. The van der Waals surface area contributed by atoms with Crippen molar-refractivity contribution in [3.63, 3.8) is 0 Å². The molecule has 0 fully saturated rings. The summed E-state index contributed by atoms with van der Waals surface area (Å²) in [7, 11) is 0. The molecule has 8 bridgehead atoms. The minimum atomic E-state index is -0.806. The molecule has 1 atom stereocenters. The van der Waals surface area contributed by atoms with Crippen LogP contribution in [0.15, 0.2) is 97.6 Å². The molecule has 4 aliphatic heterocycles. The monoisotopic (exact) mass is 396 g/mol. The second-order valence-electron chi connectivity index (χ2n) is 7.47. The van der Waals surface area contributed by atoms with Crippen LogP contribution in [0.2, 0.25) is 0 Å². The molecule has 5 heterocycles. The maximum atomic E-state index is 10.4. The summed E-state index contributed by atoms with van der Waals surface area (Å²) < 4.78 is 0. The number of nitrogens with one attached hydrogen (secondary N) is 1. The van der Waals surface area contributed by atoms with Crippen LogP contribution in [-0.4, -0.2) is 38.4 Å². The number of rotatable bonds is 1. The Morgan fingerprint density at radius 2 is 1.47 bits per heavy atom. The van der Waals surface area contributed by atoms with Crippen LogP contribution in [0, 0.1) is 0 Å². The van der Waals surface area contributed by atoms with Gasteiger partial charge in [0.25, 0.3) is 0 Å². The zero-order chi connectivity index (χ0) is 20.8. The van der Waals surface area contributed by atoms with Gasteiger partial charge in [0.2, 0.25) is 0 Å². The Hall–Kier alpha value is -3.77. The van der Waals surface area contributed by atoms with Crippen molar-refractivity contribution in [3.05, 3.63) is 93.3 Å². The van der Waals surface area contributed by atoms with E-state index in [4.69, 9.17) is 4.99 Å². The number of aliphatic hydroxyl groups excluding tert-OH is 2. The third-order valence-electron chi connectivity index (χ3n) is 5.10. The third kappa shape index (κ3) is 3.27. The number of fused-ring (bicyclic) bond motifs is 5. The number of aromatic nitrogens is 1. The van der Waals surface area contributed by atoms with Crippen LogP contribution < -0.4 is 10.7 Å². The molecule has 0 saturated carbocycles. The predicted molar refractivity (Wildman–Crippen MR) is 120 cm³/mol. The SMILES string of the molecule is CC(O)=C1C2=NC(=C1C(C)O)C=C1C=CC(=N1)C=c1ccc([nH]1)=CC1=NC(=C2)C=C1. The molecule has 3 N–H and O–H groups in total. The fourth-order valence-corrected chi connectivity index (χ4v) is 3.84. The van der Waals surface area contributed by atoms with Crippen molar-refractivity contribution >= 4 is 29.3 Å². The molecular weight excluding hydrogens is 376 g/mol. The topological polar surface area (TPSA) is 93.3 Å². The van der Waals surface area contributed by atoms with Gasteiger partial charge in [0.1, 0.15) is 0 Å². The maximum absolute atomic E-state index is 10.4. The lowest BCUT2D eigenvalue weighted by Crippen LogP contribution is -2.12. The van der Waals surface area contributed by atoms with E-state index in [1.807, 2.05) is 60.7 Å². The molecule has 148 valence electrons. The molecule has 1 aromatic rings. The van der Waals surface area contributed by atoms with Crippen molar-refractivity contribution in [2.45, 2.75) is 20.0 Å². The van der Waals surface area contributed by atoms with Gasteiger partial charge in [0, 0.05) is 21.8 Å². The Labute approximate surface area is 173 Å². The predicted octanol–water partition coefficient (Wildman–Crippen LogP) is 2.30. The van der Waals surface area contributed by atoms with E-state index in [1.54, 1.807) is 13.8 Å². The molecule has 0 aliphatic carbocycles. The number of H-pyrrole nitrogens is 1. The molecule has 6 nitrogen and oxygen atoms in total. The van der Waals surface area contributed by atoms with Gasteiger partial charge in [0.15, 0.2) is 0 Å². The van der Waals surface area contributed by atoms with E-state index in [-0.39, 0.29) is 5.76 Å². The standard InChI is InChI=1S/C24H20N4O2/c1-13(29)23-21-11-19-7-5-17(26-19)9-15-3-4-16(25-15)10-18-6-8-20(27-18)12-22(28-21)24(23)14(2)30/h3-13,25,29-30H,1-2H3. The van der Waals surface area contributed by atoms with Gasteiger partial charge in [-0.05, 0) is 74.6 Å². The molecule has 0 spiro atoms. The van der Waals surface area contributed by atoms with E-state index in [0.717, 1.165) is 33.5 Å². The summed E-state index contributed by atoms with van der Waals surface area (Å²) in [4.78, 5) is 17.3. The molecule has 6 heteroatoms. The second kappa shape index (κ2) is 6.93. The summed E-state index contributed by atoms with van der Waals surface area (Å²) in [6, 6.07) is 4.00. The number of aromatic amines is 1. The molecule has 0 amide bonds. The lowest BCUT2D eigenvalue weighted by atomic mass is 9.96. The highest BCUT2D eigenvalue weighted by atomic mass is 16.3. The van der Waals surface area contributed by atoms with Crippen molar-refractivity contribution in [2.75, 3.05) is 0 Å². The number of allylic oxidation sites excluding steroid dienone is 7. The van der Waals surface area contributed by atoms with E-state index >= 15 is 0 Å². The zero-order valence-corrected chi connectivity index (χ0v) is 16.6. The number of hydrogen-bond donors (Lipinski definition) is 3. The minimum absolute atomic E-state index is 0.101. The summed E-state index contributed by atoms with van der Waals surface area (Å²) >= 11 is 0. The quantitative estimate of drug-likeness (QED) is 0.636. The highest BCUT2D eigenvalue weighted by molar-refractivity contribution is 6.21. The number of nitrogens with zero attached hydrogens (tertiary/aromatic N) is 3. The molecular formula is C24H20N4O2. The zero-order valence-electron chi connectivity index (χ0n) is 16.6. The van der Waals surface area contributed by atoms with Crippen molar-refractivity contribution < 1.29 is 10.2 Å². The van der Waals surface area contributed by atoms with Gasteiger partial charge in [-0.25, -0.2) is 15.0 Å². The highest BCUT2D eigenvalue weighted by Crippen LogP contribution is 2.33. The van der Waals surface area contributed by atoms with Crippen molar-refractivity contribution in [1.82, 2.24) is 4.98 Å². The van der Waals surface area contributed by atoms with E-state index < -0.39 is 6.10 Å². The van der Waals surface area contributed by atoms with Crippen LogP contribution in [0.1, 0.15) is 13.8 Å². The fourth-order valence-electron chi connectivity index (χ4n) is 3.84. The maximum Gasteiger partial charge on any atom is 0.0990 e. The van der Waals surface area contributed by atoms with Gasteiger partial charge in [-0.2, -0.15) is 0 Å². The largest absolute Gasteiger partial charge is 0.512 e. The first kappa shape index (κ1) is 18.3. The average Bonchev–Trinajstić information content (AvgIpc) is 3.44. The van der Waals surface area contributed by atoms with Crippen LogP contribution in [0.3, 0.4) is 0 Å². The van der Waals surface area contributed by atoms with Crippen LogP contribution >= 0.6 is 0 Å². The molecule has 1 aromatic heterocycles. The first-order valence-electron chi connectivity index (χ1n) is 9.73. The Bertz CT molecular complexity index is 1360. The highest BCUT2D eigenvalue weighted by Gasteiger charge is 2.28. The summed E-state index contributed by atoms with van der Waals surface area (Å²) in [5, 5.41) is 22.7. The molecule has 4 aliphatic rings. The van der Waals surface area contributed by atoms with Crippen molar-refractivity contribution in [2.24, 2.45) is 15.0 Å². The summed E-state index contributed by atoms with van der Waals surface area (Å²) in [6.45, 7) is 3.27. The number of aliphatic imine (C=N–C) groups is 3. The van der Waals surface area contributed by atoms with E-state index in [2.05, 4.69) is 15.0 Å². The molecule has 0 radical (unpaired) electrons. The molecule has 30 heavy (non-hydrogen) atoms. The first-order chi connectivity index (χ1) is 14.5. The Balaban J connectivity index is 1.77. The van der Waals surface area contributed by atoms with E-state index in [1.165, 1.54) is 0 Å². The Morgan fingerprint density at radius 1 is 0.867 bits per heavy atom. The minimum Gasteiger partial charge on any atom is -0.512 e. The summed E-state index contributed by atoms with van der Waals surface area (Å²) in [5.41, 5.74) is 5.34. The molecule has 1 unspecified atom stereocenters. The Kier molecular flexibility index (Phi) is 4.22. The summed E-state index contributed by atoms with van der Waals surface area (Å²) in [5.74, 6) is 0.101. The van der Waals surface area contributed by atoms with Crippen LogP contribution in [0.5, 0.6) is 0 Å². The van der Waals surface area contributed by atoms with Gasteiger partial charge >= 0.3 is 0 Å². The van der Waals surface area contributed by atoms with Crippen molar-refractivity contribution in [3.8, 4) is 0 Å².